The molecule has 14 heavy (non-hydrogen) atoms. The highest BCUT2D eigenvalue weighted by atomic mass is 16.1. The SMILES string of the molecule is CCCCNC(=O)c1[c]ccc(C)c1. The summed E-state index contributed by atoms with van der Waals surface area (Å²) in [6, 6.07) is 8.49. The molecule has 1 amide bonds. The van der Waals surface area contributed by atoms with Crippen LogP contribution in [0.4, 0.5) is 0 Å². The molecule has 0 aliphatic rings. The van der Waals surface area contributed by atoms with Gasteiger partial charge in [0.15, 0.2) is 0 Å². The lowest BCUT2D eigenvalue weighted by Crippen LogP contribution is -2.24. The van der Waals surface area contributed by atoms with Crippen molar-refractivity contribution in [2.24, 2.45) is 0 Å². The lowest BCUT2D eigenvalue weighted by atomic mass is 10.1. The van der Waals surface area contributed by atoms with Crippen LogP contribution in [-0.2, 0) is 0 Å². The summed E-state index contributed by atoms with van der Waals surface area (Å²) in [5.41, 5.74) is 1.71. The molecule has 1 radical (unpaired) electrons. The van der Waals surface area contributed by atoms with E-state index >= 15 is 0 Å². The number of nitrogens with one attached hydrogen (secondary N) is 1. The molecule has 75 valence electrons. The zero-order chi connectivity index (χ0) is 10.4. The highest BCUT2D eigenvalue weighted by Gasteiger charge is 2.03. The minimum atomic E-state index is -0.0258. The molecule has 0 atom stereocenters. The maximum Gasteiger partial charge on any atom is 0.251 e. The second-order valence-electron chi connectivity index (χ2n) is 3.39. The Balaban J connectivity index is 2.52. The molecule has 0 unspecified atom stereocenters. The Morgan fingerprint density at radius 1 is 1.57 bits per heavy atom. The van der Waals surface area contributed by atoms with E-state index in [1.165, 1.54) is 0 Å². The molecule has 0 aliphatic carbocycles. The maximum atomic E-state index is 11.5. The summed E-state index contributed by atoms with van der Waals surface area (Å²) in [5, 5.41) is 2.86. The van der Waals surface area contributed by atoms with Crippen LogP contribution in [-0.4, -0.2) is 12.5 Å². The monoisotopic (exact) mass is 190 g/mol. The van der Waals surface area contributed by atoms with Crippen LogP contribution >= 0.6 is 0 Å². The van der Waals surface area contributed by atoms with Gasteiger partial charge in [0.25, 0.3) is 5.91 Å². The molecular weight excluding hydrogens is 174 g/mol. The van der Waals surface area contributed by atoms with E-state index in [1.807, 2.05) is 19.1 Å². The fraction of sp³-hybridized carbons (Fsp3) is 0.417. The van der Waals surface area contributed by atoms with Gasteiger partial charge < -0.3 is 5.32 Å². The van der Waals surface area contributed by atoms with Gasteiger partial charge in [-0.15, -0.1) is 0 Å². The summed E-state index contributed by atoms with van der Waals surface area (Å²) in [4.78, 5) is 11.5. The second-order valence-corrected chi connectivity index (χ2v) is 3.39. The van der Waals surface area contributed by atoms with Crippen molar-refractivity contribution in [1.29, 1.82) is 0 Å². The predicted molar refractivity (Wildman–Crippen MR) is 57.3 cm³/mol. The highest BCUT2D eigenvalue weighted by molar-refractivity contribution is 5.94. The van der Waals surface area contributed by atoms with Gasteiger partial charge in [0, 0.05) is 12.1 Å². The Morgan fingerprint density at radius 3 is 3.00 bits per heavy atom. The Bertz CT molecular complexity index is 307. The molecule has 0 bridgehead atoms. The van der Waals surface area contributed by atoms with E-state index < -0.39 is 0 Å². The summed E-state index contributed by atoms with van der Waals surface area (Å²) in [6.07, 6.45) is 2.12. The van der Waals surface area contributed by atoms with Crippen molar-refractivity contribution in [3.8, 4) is 0 Å². The van der Waals surface area contributed by atoms with E-state index in [0.29, 0.717) is 5.56 Å². The molecule has 0 aromatic heterocycles. The van der Waals surface area contributed by atoms with Crippen LogP contribution in [0.3, 0.4) is 0 Å². The van der Waals surface area contributed by atoms with E-state index in [2.05, 4.69) is 18.3 Å². The van der Waals surface area contributed by atoms with Crippen LogP contribution in [0.1, 0.15) is 35.7 Å². The first kappa shape index (κ1) is 10.8. The van der Waals surface area contributed by atoms with Crippen molar-refractivity contribution < 1.29 is 4.79 Å². The van der Waals surface area contributed by atoms with E-state index in [1.54, 1.807) is 6.07 Å². The van der Waals surface area contributed by atoms with E-state index in [9.17, 15) is 4.79 Å². The van der Waals surface area contributed by atoms with E-state index in [-0.39, 0.29) is 5.91 Å². The molecule has 2 nitrogen and oxygen atoms in total. The quantitative estimate of drug-likeness (QED) is 0.725. The van der Waals surface area contributed by atoms with Gasteiger partial charge >= 0.3 is 0 Å². The smallest absolute Gasteiger partial charge is 0.251 e. The lowest BCUT2D eigenvalue weighted by Gasteiger charge is -2.04. The standard InChI is InChI=1S/C12H16NO/c1-3-4-8-13-12(14)11-7-5-6-10(2)9-11/h5-6,9H,3-4,8H2,1-2H3,(H,13,14). The summed E-state index contributed by atoms with van der Waals surface area (Å²) in [6.45, 7) is 4.82. The minimum Gasteiger partial charge on any atom is -0.352 e. The molecular formula is C12H16NO. The molecule has 0 heterocycles. The van der Waals surface area contributed by atoms with Gasteiger partial charge in [0.1, 0.15) is 0 Å². The van der Waals surface area contributed by atoms with Gasteiger partial charge in [-0.1, -0.05) is 31.0 Å². The number of benzene rings is 1. The second kappa shape index (κ2) is 5.43. The van der Waals surface area contributed by atoms with Crippen molar-refractivity contribution >= 4 is 5.91 Å². The van der Waals surface area contributed by atoms with Crippen LogP contribution in [0.5, 0.6) is 0 Å². The normalized spacial score (nSPS) is 9.86. The summed E-state index contributed by atoms with van der Waals surface area (Å²) < 4.78 is 0. The molecule has 1 aromatic rings. The molecule has 1 N–H and O–H groups in total. The maximum absolute atomic E-state index is 11.5. The fourth-order valence-corrected chi connectivity index (χ4v) is 1.19. The van der Waals surface area contributed by atoms with Gasteiger partial charge in [0.05, 0.1) is 0 Å². The van der Waals surface area contributed by atoms with Crippen molar-refractivity contribution in [3.63, 3.8) is 0 Å². The highest BCUT2D eigenvalue weighted by Crippen LogP contribution is 2.02. The molecule has 2 heteroatoms. The topological polar surface area (TPSA) is 29.1 Å². The van der Waals surface area contributed by atoms with Crippen molar-refractivity contribution in [2.75, 3.05) is 6.54 Å². The first-order valence-corrected chi connectivity index (χ1v) is 5.00. The molecule has 1 rings (SSSR count). The zero-order valence-corrected chi connectivity index (χ0v) is 8.76. The Kier molecular flexibility index (Phi) is 4.17. The Labute approximate surface area is 85.3 Å². The number of carbonyl (C=O) groups is 1. The zero-order valence-electron chi connectivity index (χ0n) is 8.76. The van der Waals surface area contributed by atoms with Gasteiger partial charge in [-0.3, -0.25) is 4.79 Å². The number of hydrogen-bond donors (Lipinski definition) is 1. The molecule has 0 saturated heterocycles. The largest absolute Gasteiger partial charge is 0.352 e. The number of carbonyl (C=O) groups excluding carboxylic acids is 1. The van der Waals surface area contributed by atoms with Gasteiger partial charge in [0.2, 0.25) is 0 Å². The van der Waals surface area contributed by atoms with Crippen LogP contribution < -0.4 is 5.32 Å². The van der Waals surface area contributed by atoms with Crippen LogP contribution in [0, 0.1) is 13.0 Å². The van der Waals surface area contributed by atoms with Gasteiger partial charge in [-0.2, -0.15) is 0 Å². The van der Waals surface area contributed by atoms with Crippen LogP contribution in [0.2, 0.25) is 0 Å². The first-order chi connectivity index (χ1) is 6.74. The number of rotatable bonds is 4. The first-order valence-electron chi connectivity index (χ1n) is 5.00. The number of hydrogen-bond acceptors (Lipinski definition) is 1. The number of amides is 1. The minimum absolute atomic E-state index is 0.0258. The van der Waals surface area contributed by atoms with Gasteiger partial charge in [-0.25, -0.2) is 0 Å². The summed E-state index contributed by atoms with van der Waals surface area (Å²) in [7, 11) is 0. The summed E-state index contributed by atoms with van der Waals surface area (Å²) >= 11 is 0. The molecule has 0 fully saturated rings. The molecule has 0 saturated carbocycles. The van der Waals surface area contributed by atoms with Crippen molar-refractivity contribution in [2.45, 2.75) is 26.7 Å². The number of aryl methyl sites for hydroxylation is 1. The third-order valence-electron chi connectivity index (χ3n) is 2.02. The van der Waals surface area contributed by atoms with Crippen LogP contribution in [0.25, 0.3) is 0 Å². The Hall–Kier alpha value is -1.31. The van der Waals surface area contributed by atoms with Crippen molar-refractivity contribution in [3.05, 3.63) is 35.4 Å². The van der Waals surface area contributed by atoms with E-state index in [4.69, 9.17) is 0 Å². The third kappa shape index (κ3) is 3.21. The average molecular weight is 190 g/mol. The predicted octanol–water partition coefficient (Wildman–Crippen LogP) is 2.33. The lowest BCUT2D eigenvalue weighted by molar-refractivity contribution is 0.0953. The average Bonchev–Trinajstić information content (AvgIpc) is 2.18. The Morgan fingerprint density at radius 2 is 2.36 bits per heavy atom. The van der Waals surface area contributed by atoms with Crippen molar-refractivity contribution in [1.82, 2.24) is 5.32 Å². The summed E-state index contributed by atoms with van der Waals surface area (Å²) in [5.74, 6) is -0.0258. The number of unbranched alkanes of at least 4 members (excludes halogenated alkanes) is 1. The van der Waals surface area contributed by atoms with Crippen LogP contribution in [0.15, 0.2) is 18.2 Å². The van der Waals surface area contributed by atoms with Gasteiger partial charge in [-0.05, 0) is 25.5 Å². The van der Waals surface area contributed by atoms with E-state index in [0.717, 1.165) is 24.9 Å². The third-order valence-corrected chi connectivity index (χ3v) is 2.02. The fourth-order valence-electron chi connectivity index (χ4n) is 1.19. The molecule has 0 spiro atoms. The molecule has 0 aliphatic heterocycles. The molecule has 1 aromatic carbocycles.